The van der Waals surface area contributed by atoms with Crippen LogP contribution in [0.25, 0.3) is 0 Å². The van der Waals surface area contributed by atoms with E-state index in [9.17, 15) is 0 Å². The van der Waals surface area contributed by atoms with Crippen molar-refractivity contribution in [2.45, 2.75) is 58.0 Å². The van der Waals surface area contributed by atoms with E-state index in [2.05, 4.69) is 36.9 Å². The normalized spacial score (nSPS) is 29.8. The lowest BCUT2D eigenvalue weighted by molar-refractivity contribution is 0.326. The summed E-state index contributed by atoms with van der Waals surface area (Å²) in [6, 6.07) is 8.27. The van der Waals surface area contributed by atoms with Crippen LogP contribution < -0.4 is 10.6 Å². The second kappa shape index (κ2) is 5.16. The van der Waals surface area contributed by atoms with Crippen LogP contribution in [0.4, 0.5) is 5.69 Å². The smallest absolute Gasteiger partial charge is 0.0403 e. The van der Waals surface area contributed by atoms with E-state index in [4.69, 9.17) is 5.73 Å². The van der Waals surface area contributed by atoms with E-state index in [1.807, 2.05) is 0 Å². The van der Waals surface area contributed by atoms with Crippen molar-refractivity contribution in [1.29, 1.82) is 0 Å². The Kier molecular flexibility index (Phi) is 3.53. The standard InChI is InChI=1S/C17H26N2/c1-12-4-3-5-17(13(12)2)19-15-6-7-16(19)11-14(10-15)8-9-18/h3-5,14-16H,6-11,18H2,1-2H3. The lowest BCUT2D eigenvalue weighted by atomic mass is 9.87. The van der Waals surface area contributed by atoms with Crippen LogP contribution >= 0.6 is 0 Å². The Hall–Kier alpha value is -1.02. The first-order valence-electron chi connectivity index (χ1n) is 7.75. The molecule has 2 N–H and O–H groups in total. The molecule has 2 aliphatic heterocycles. The summed E-state index contributed by atoms with van der Waals surface area (Å²) in [6.07, 6.45) is 6.66. The molecule has 2 heterocycles. The Morgan fingerprint density at radius 3 is 2.47 bits per heavy atom. The van der Waals surface area contributed by atoms with Crippen molar-refractivity contribution in [2.24, 2.45) is 11.7 Å². The number of anilines is 1. The quantitative estimate of drug-likeness (QED) is 0.900. The van der Waals surface area contributed by atoms with Crippen molar-refractivity contribution in [3.05, 3.63) is 29.3 Å². The summed E-state index contributed by atoms with van der Waals surface area (Å²) in [5.74, 6) is 0.865. The zero-order chi connectivity index (χ0) is 13.4. The molecule has 19 heavy (non-hydrogen) atoms. The third-order valence-electron chi connectivity index (χ3n) is 5.26. The summed E-state index contributed by atoms with van der Waals surface area (Å²) in [6.45, 7) is 5.35. The largest absolute Gasteiger partial charge is 0.365 e. The van der Waals surface area contributed by atoms with Gasteiger partial charge in [0.05, 0.1) is 0 Å². The molecule has 0 amide bonds. The molecule has 0 aliphatic carbocycles. The minimum absolute atomic E-state index is 0.760. The van der Waals surface area contributed by atoms with Crippen molar-refractivity contribution in [1.82, 2.24) is 0 Å². The molecule has 0 spiro atoms. The number of rotatable bonds is 3. The van der Waals surface area contributed by atoms with Crippen LogP contribution in [-0.4, -0.2) is 18.6 Å². The predicted molar refractivity (Wildman–Crippen MR) is 81.6 cm³/mol. The van der Waals surface area contributed by atoms with Crippen molar-refractivity contribution >= 4 is 5.69 Å². The molecule has 2 unspecified atom stereocenters. The highest BCUT2D eigenvalue weighted by atomic mass is 15.2. The van der Waals surface area contributed by atoms with Crippen molar-refractivity contribution < 1.29 is 0 Å². The predicted octanol–water partition coefficient (Wildman–Crippen LogP) is 3.40. The van der Waals surface area contributed by atoms with E-state index >= 15 is 0 Å². The molecule has 2 fully saturated rings. The van der Waals surface area contributed by atoms with E-state index in [-0.39, 0.29) is 0 Å². The van der Waals surface area contributed by atoms with Gasteiger partial charge in [0.2, 0.25) is 0 Å². The average Bonchev–Trinajstić information content (AvgIpc) is 2.65. The van der Waals surface area contributed by atoms with Crippen LogP contribution in [0, 0.1) is 19.8 Å². The molecule has 2 bridgehead atoms. The van der Waals surface area contributed by atoms with Gasteiger partial charge in [-0.05, 0) is 75.6 Å². The minimum atomic E-state index is 0.760. The van der Waals surface area contributed by atoms with E-state index in [1.54, 1.807) is 0 Å². The number of hydrogen-bond acceptors (Lipinski definition) is 2. The second-order valence-corrected chi connectivity index (χ2v) is 6.43. The zero-order valence-electron chi connectivity index (χ0n) is 12.2. The van der Waals surface area contributed by atoms with Gasteiger partial charge < -0.3 is 10.6 Å². The van der Waals surface area contributed by atoms with Gasteiger partial charge in [-0.15, -0.1) is 0 Å². The van der Waals surface area contributed by atoms with Crippen LogP contribution in [0.5, 0.6) is 0 Å². The number of piperidine rings is 1. The molecule has 2 aliphatic rings. The van der Waals surface area contributed by atoms with Crippen molar-refractivity contribution in [3.8, 4) is 0 Å². The second-order valence-electron chi connectivity index (χ2n) is 6.43. The van der Waals surface area contributed by atoms with E-state index in [0.717, 1.165) is 24.5 Å². The summed E-state index contributed by atoms with van der Waals surface area (Å²) in [4.78, 5) is 2.73. The number of hydrogen-bond donors (Lipinski definition) is 1. The number of nitrogens with zero attached hydrogens (tertiary/aromatic N) is 1. The highest BCUT2D eigenvalue weighted by Crippen LogP contribution is 2.43. The maximum atomic E-state index is 5.75. The number of fused-ring (bicyclic) bond motifs is 2. The summed E-state index contributed by atoms with van der Waals surface area (Å²) in [5, 5.41) is 0. The fraction of sp³-hybridized carbons (Fsp3) is 0.647. The van der Waals surface area contributed by atoms with Crippen molar-refractivity contribution in [3.63, 3.8) is 0 Å². The molecule has 0 aromatic heterocycles. The van der Waals surface area contributed by atoms with Gasteiger partial charge in [0, 0.05) is 17.8 Å². The van der Waals surface area contributed by atoms with Gasteiger partial charge in [-0.1, -0.05) is 12.1 Å². The molecule has 2 saturated heterocycles. The first-order valence-corrected chi connectivity index (χ1v) is 7.75. The molecular formula is C17H26N2. The monoisotopic (exact) mass is 258 g/mol. The molecule has 104 valence electrons. The molecule has 3 rings (SSSR count). The number of aryl methyl sites for hydroxylation is 1. The summed E-state index contributed by atoms with van der Waals surface area (Å²) < 4.78 is 0. The van der Waals surface area contributed by atoms with Gasteiger partial charge >= 0.3 is 0 Å². The van der Waals surface area contributed by atoms with Crippen LogP contribution in [0.1, 0.15) is 43.2 Å². The van der Waals surface area contributed by atoms with Gasteiger partial charge in [0.25, 0.3) is 0 Å². The Morgan fingerprint density at radius 2 is 1.84 bits per heavy atom. The molecule has 2 heteroatoms. The lowest BCUT2D eigenvalue weighted by Crippen LogP contribution is -2.43. The van der Waals surface area contributed by atoms with Gasteiger partial charge in [-0.3, -0.25) is 0 Å². The summed E-state index contributed by atoms with van der Waals surface area (Å²) in [5.41, 5.74) is 10.1. The van der Waals surface area contributed by atoms with E-state index in [1.165, 1.54) is 48.9 Å². The summed E-state index contributed by atoms with van der Waals surface area (Å²) >= 11 is 0. The van der Waals surface area contributed by atoms with Gasteiger partial charge in [0.15, 0.2) is 0 Å². The molecule has 2 atom stereocenters. The van der Waals surface area contributed by atoms with E-state index in [0.29, 0.717) is 0 Å². The Labute approximate surface area is 117 Å². The van der Waals surface area contributed by atoms with Crippen LogP contribution in [0.3, 0.4) is 0 Å². The first kappa shape index (κ1) is 13.0. The van der Waals surface area contributed by atoms with Gasteiger partial charge in [0.1, 0.15) is 0 Å². The molecule has 1 aromatic carbocycles. The van der Waals surface area contributed by atoms with Gasteiger partial charge in [-0.25, -0.2) is 0 Å². The van der Waals surface area contributed by atoms with Crippen LogP contribution in [-0.2, 0) is 0 Å². The Bertz CT molecular complexity index is 441. The van der Waals surface area contributed by atoms with Gasteiger partial charge in [-0.2, -0.15) is 0 Å². The SMILES string of the molecule is Cc1cccc(N2C3CCC2CC(CCN)C3)c1C. The topological polar surface area (TPSA) is 29.3 Å². The fourth-order valence-electron chi connectivity index (χ4n) is 4.17. The average molecular weight is 258 g/mol. The van der Waals surface area contributed by atoms with Crippen molar-refractivity contribution in [2.75, 3.05) is 11.4 Å². The number of benzene rings is 1. The fourth-order valence-corrected chi connectivity index (χ4v) is 4.17. The number of nitrogens with two attached hydrogens (primary N) is 1. The van der Waals surface area contributed by atoms with Crippen LogP contribution in [0.15, 0.2) is 18.2 Å². The highest BCUT2D eigenvalue weighted by Gasteiger charge is 2.40. The van der Waals surface area contributed by atoms with Crippen LogP contribution in [0.2, 0.25) is 0 Å². The highest BCUT2D eigenvalue weighted by molar-refractivity contribution is 5.58. The maximum Gasteiger partial charge on any atom is 0.0403 e. The van der Waals surface area contributed by atoms with E-state index < -0.39 is 0 Å². The minimum Gasteiger partial charge on any atom is -0.365 e. The first-order chi connectivity index (χ1) is 9.20. The summed E-state index contributed by atoms with van der Waals surface area (Å²) in [7, 11) is 0. The molecule has 0 radical (unpaired) electrons. The maximum absolute atomic E-state index is 5.75. The Morgan fingerprint density at radius 1 is 1.16 bits per heavy atom. The zero-order valence-corrected chi connectivity index (χ0v) is 12.2. The molecular weight excluding hydrogens is 232 g/mol. The third kappa shape index (κ3) is 2.27. The lowest BCUT2D eigenvalue weighted by Gasteiger charge is -2.41. The molecule has 1 aromatic rings. The molecule has 0 saturated carbocycles. The third-order valence-corrected chi connectivity index (χ3v) is 5.26. The molecule has 2 nitrogen and oxygen atoms in total. The Balaban J connectivity index is 1.85.